The van der Waals surface area contributed by atoms with Crippen molar-refractivity contribution in [2.75, 3.05) is 17.4 Å². The lowest BCUT2D eigenvalue weighted by Crippen LogP contribution is -2.15. The SMILES string of the molecule is Cc1ccc(NC(=O)/C(C#N)=C\Nc2ccc3c(c2)OCO3)c(C)c1. The summed E-state index contributed by atoms with van der Waals surface area (Å²) in [5.41, 5.74) is 3.39. The van der Waals surface area contributed by atoms with Crippen LogP contribution in [0.2, 0.25) is 0 Å². The molecular weight excluding hydrogens is 318 g/mol. The summed E-state index contributed by atoms with van der Waals surface area (Å²) in [7, 11) is 0. The van der Waals surface area contributed by atoms with E-state index in [9.17, 15) is 10.1 Å². The molecule has 0 aliphatic carbocycles. The van der Waals surface area contributed by atoms with Crippen LogP contribution in [-0.4, -0.2) is 12.7 Å². The summed E-state index contributed by atoms with van der Waals surface area (Å²) < 4.78 is 10.5. The number of carbonyl (C=O) groups is 1. The number of rotatable bonds is 4. The van der Waals surface area contributed by atoms with E-state index in [1.54, 1.807) is 18.2 Å². The first-order chi connectivity index (χ1) is 12.1. The Balaban J connectivity index is 1.71. The molecule has 0 unspecified atom stereocenters. The van der Waals surface area contributed by atoms with Crippen LogP contribution in [0.15, 0.2) is 48.2 Å². The van der Waals surface area contributed by atoms with E-state index in [-0.39, 0.29) is 12.4 Å². The van der Waals surface area contributed by atoms with Crippen molar-refractivity contribution >= 4 is 17.3 Å². The monoisotopic (exact) mass is 335 g/mol. The van der Waals surface area contributed by atoms with E-state index in [0.717, 1.165) is 11.1 Å². The normalized spacial score (nSPS) is 12.4. The smallest absolute Gasteiger partial charge is 0.267 e. The first-order valence-corrected chi connectivity index (χ1v) is 7.72. The maximum absolute atomic E-state index is 12.3. The summed E-state index contributed by atoms with van der Waals surface area (Å²) in [6.45, 7) is 4.08. The van der Waals surface area contributed by atoms with Crippen LogP contribution in [0.25, 0.3) is 0 Å². The summed E-state index contributed by atoms with van der Waals surface area (Å²) in [4.78, 5) is 12.3. The van der Waals surface area contributed by atoms with E-state index in [2.05, 4.69) is 10.6 Å². The third-order valence-electron chi connectivity index (χ3n) is 3.75. The van der Waals surface area contributed by atoms with Gasteiger partial charge in [0.15, 0.2) is 11.5 Å². The number of nitrogens with zero attached hydrogens (tertiary/aromatic N) is 1. The molecule has 1 aliphatic rings. The van der Waals surface area contributed by atoms with E-state index >= 15 is 0 Å². The molecule has 0 fully saturated rings. The minimum atomic E-state index is -0.470. The van der Waals surface area contributed by atoms with Gasteiger partial charge in [0.2, 0.25) is 6.79 Å². The Morgan fingerprint density at radius 2 is 1.96 bits per heavy atom. The van der Waals surface area contributed by atoms with E-state index in [1.807, 2.05) is 38.1 Å². The van der Waals surface area contributed by atoms with Gasteiger partial charge < -0.3 is 20.1 Å². The standard InChI is InChI=1S/C19H17N3O3/c1-12-3-5-16(13(2)7-12)22-19(23)14(9-20)10-21-15-4-6-17-18(8-15)25-11-24-17/h3-8,10,21H,11H2,1-2H3,(H,22,23)/b14-10-. The second kappa shape index (κ2) is 6.97. The van der Waals surface area contributed by atoms with Crippen LogP contribution in [0.1, 0.15) is 11.1 Å². The van der Waals surface area contributed by atoms with Crippen LogP contribution in [-0.2, 0) is 4.79 Å². The zero-order valence-corrected chi connectivity index (χ0v) is 13.9. The molecule has 1 heterocycles. The van der Waals surface area contributed by atoms with E-state index < -0.39 is 5.91 Å². The first-order valence-electron chi connectivity index (χ1n) is 7.72. The third-order valence-corrected chi connectivity index (χ3v) is 3.75. The van der Waals surface area contributed by atoms with E-state index in [1.165, 1.54) is 6.20 Å². The number of benzene rings is 2. The summed E-state index contributed by atoms with van der Waals surface area (Å²) >= 11 is 0. The molecule has 126 valence electrons. The average Bonchev–Trinajstić information content (AvgIpc) is 3.05. The second-order valence-corrected chi connectivity index (χ2v) is 5.65. The van der Waals surface area contributed by atoms with Crippen molar-refractivity contribution in [3.05, 3.63) is 59.3 Å². The molecule has 0 saturated heterocycles. The molecule has 2 N–H and O–H groups in total. The van der Waals surface area contributed by atoms with Crippen molar-refractivity contribution in [1.82, 2.24) is 0 Å². The molecule has 1 amide bonds. The molecule has 2 aromatic carbocycles. The lowest BCUT2D eigenvalue weighted by atomic mass is 10.1. The van der Waals surface area contributed by atoms with Gasteiger partial charge in [-0.15, -0.1) is 0 Å². The average molecular weight is 335 g/mol. The van der Waals surface area contributed by atoms with Gasteiger partial charge in [0.1, 0.15) is 11.6 Å². The zero-order chi connectivity index (χ0) is 17.8. The fourth-order valence-electron chi connectivity index (χ4n) is 2.43. The summed E-state index contributed by atoms with van der Waals surface area (Å²) in [6.07, 6.45) is 1.37. The first kappa shape index (κ1) is 16.4. The Kier molecular flexibility index (Phi) is 4.57. The predicted molar refractivity (Wildman–Crippen MR) is 94.4 cm³/mol. The number of hydrogen-bond donors (Lipinski definition) is 2. The van der Waals surface area contributed by atoms with Gasteiger partial charge in [-0.05, 0) is 37.6 Å². The van der Waals surface area contributed by atoms with Gasteiger partial charge in [-0.25, -0.2) is 0 Å². The van der Waals surface area contributed by atoms with Gasteiger partial charge >= 0.3 is 0 Å². The Bertz CT molecular complexity index is 897. The van der Waals surface area contributed by atoms with Crippen molar-refractivity contribution in [1.29, 1.82) is 5.26 Å². The van der Waals surface area contributed by atoms with Crippen LogP contribution in [0.3, 0.4) is 0 Å². The maximum Gasteiger partial charge on any atom is 0.267 e. The van der Waals surface area contributed by atoms with E-state index in [4.69, 9.17) is 9.47 Å². The second-order valence-electron chi connectivity index (χ2n) is 5.65. The fourth-order valence-corrected chi connectivity index (χ4v) is 2.43. The molecule has 0 radical (unpaired) electrons. The molecule has 0 bridgehead atoms. The molecule has 1 aliphatic heterocycles. The van der Waals surface area contributed by atoms with Crippen LogP contribution in [0.4, 0.5) is 11.4 Å². The number of carbonyl (C=O) groups excluding carboxylic acids is 1. The molecule has 6 heteroatoms. The quantitative estimate of drug-likeness (QED) is 0.660. The largest absolute Gasteiger partial charge is 0.454 e. The Hall–Kier alpha value is -3.46. The third kappa shape index (κ3) is 3.72. The van der Waals surface area contributed by atoms with Crippen molar-refractivity contribution in [2.45, 2.75) is 13.8 Å². The van der Waals surface area contributed by atoms with Gasteiger partial charge in [-0.3, -0.25) is 4.79 Å². The van der Waals surface area contributed by atoms with Gasteiger partial charge in [0.25, 0.3) is 5.91 Å². The molecular formula is C19H17N3O3. The Morgan fingerprint density at radius 3 is 2.72 bits per heavy atom. The number of fused-ring (bicyclic) bond motifs is 1. The Labute approximate surface area is 145 Å². The predicted octanol–water partition coefficient (Wildman–Crippen LogP) is 3.49. The number of hydrogen-bond acceptors (Lipinski definition) is 5. The van der Waals surface area contributed by atoms with Crippen molar-refractivity contribution < 1.29 is 14.3 Å². The summed E-state index contributed by atoms with van der Waals surface area (Å²) in [5, 5.41) is 14.9. The van der Waals surface area contributed by atoms with Gasteiger partial charge in [-0.2, -0.15) is 5.26 Å². The minimum absolute atomic E-state index is 0.0300. The van der Waals surface area contributed by atoms with Crippen molar-refractivity contribution in [3.63, 3.8) is 0 Å². The van der Waals surface area contributed by atoms with Crippen LogP contribution in [0, 0.1) is 25.2 Å². The van der Waals surface area contributed by atoms with Crippen LogP contribution < -0.4 is 20.1 Å². The highest BCUT2D eigenvalue weighted by atomic mass is 16.7. The molecule has 6 nitrogen and oxygen atoms in total. The van der Waals surface area contributed by atoms with Crippen LogP contribution in [0.5, 0.6) is 11.5 Å². The highest BCUT2D eigenvalue weighted by Gasteiger charge is 2.14. The highest BCUT2D eigenvalue weighted by molar-refractivity contribution is 6.07. The zero-order valence-electron chi connectivity index (χ0n) is 13.9. The molecule has 0 saturated carbocycles. The molecule has 0 spiro atoms. The minimum Gasteiger partial charge on any atom is -0.454 e. The summed E-state index contributed by atoms with van der Waals surface area (Å²) in [5.74, 6) is 0.821. The molecule has 2 aromatic rings. The number of anilines is 2. The number of nitriles is 1. The lowest BCUT2D eigenvalue weighted by molar-refractivity contribution is -0.112. The van der Waals surface area contributed by atoms with Gasteiger partial charge in [0.05, 0.1) is 0 Å². The summed E-state index contributed by atoms with van der Waals surface area (Å²) in [6, 6.07) is 12.9. The van der Waals surface area contributed by atoms with Crippen LogP contribution >= 0.6 is 0 Å². The van der Waals surface area contributed by atoms with Crippen molar-refractivity contribution in [3.8, 4) is 17.6 Å². The Morgan fingerprint density at radius 1 is 1.16 bits per heavy atom. The topological polar surface area (TPSA) is 83.4 Å². The number of amides is 1. The fraction of sp³-hybridized carbons (Fsp3) is 0.158. The maximum atomic E-state index is 12.3. The molecule has 0 atom stereocenters. The van der Waals surface area contributed by atoms with Gasteiger partial charge in [-0.1, -0.05) is 17.7 Å². The molecule has 25 heavy (non-hydrogen) atoms. The number of nitrogens with one attached hydrogen (secondary N) is 2. The number of ether oxygens (including phenoxy) is 2. The highest BCUT2D eigenvalue weighted by Crippen LogP contribution is 2.34. The van der Waals surface area contributed by atoms with Gasteiger partial charge in [0, 0.05) is 23.6 Å². The lowest BCUT2D eigenvalue weighted by Gasteiger charge is -2.09. The molecule has 3 rings (SSSR count). The number of aryl methyl sites for hydroxylation is 2. The van der Waals surface area contributed by atoms with Crippen molar-refractivity contribution in [2.24, 2.45) is 0 Å². The molecule has 0 aromatic heterocycles. The van der Waals surface area contributed by atoms with E-state index in [0.29, 0.717) is 22.9 Å².